The molecule has 0 bridgehead atoms. The fraction of sp³-hybridized carbons (Fsp3) is 0.500. The second-order valence-electron chi connectivity index (χ2n) is 4.03. The Balaban J connectivity index is 2.78. The van der Waals surface area contributed by atoms with E-state index in [2.05, 4.69) is 16.8 Å². The molecule has 16 heavy (non-hydrogen) atoms. The largest absolute Gasteiger partial charge is 0.387 e. The van der Waals surface area contributed by atoms with Gasteiger partial charge in [-0.25, -0.2) is 4.98 Å². The summed E-state index contributed by atoms with van der Waals surface area (Å²) in [6.07, 6.45) is 0. The number of pyridine rings is 1. The van der Waals surface area contributed by atoms with Crippen molar-refractivity contribution < 1.29 is 0 Å². The summed E-state index contributed by atoms with van der Waals surface area (Å²) in [6.45, 7) is 7.62. The third kappa shape index (κ3) is 3.22. The van der Waals surface area contributed by atoms with Crippen LogP contribution >= 0.6 is 0 Å². The summed E-state index contributed by atoms with van der Waals surface area (Å²) in [5.74, 6) is 1.24. The number of hydrogen-bond acceptors (Lipinski definition) is 3. The van der Waals surface area contributed by atoms with E-state index in [1.54, 1.807) is 0 Å². The predicted octanol–water partition coefficient (Wildman–Crippen LogP) is 1.79. The van der Waals surface area contributed by atoms with Gasteiger partial charge in [-0.15, -0.1) is 0 Å². The van der Waals surface area contributed by atoms with Crippen LogP contribution in [0.1, 0.15) is 19.5 Å². The van der Waals surface area contributed by atoms with Gasteiger partial charge in [-0.05, 0) is 26.0 Å². The van der Waals surface area contributed by atoms with Crippen LogP contribution in [0.2, 0.25) is 0 Å². The lowest BCUT2D eigenvalue weighted by Crippen LogP contribution is -2.34. The van der Waals surface area contributed by atoms with Crippen LogP contribution in [0, 0.1) is 18.3 Å². The topological polar surface area (TPSA) is 66.0 Å². The first kappa shape index (κ1) is 12.5. The van der Waals surface area contributed by atoms with Crippen LogP contribution in [0.3, 0.4) is 0 Å². The summed E-state index contributed by atoms with van der Waals surface area (Å²) < 4.78 is 0. The molecule has 0 saturated heterocycles. The van der Waals surface area contributed by atoms with Crippen molar-refractivity contribution in [3.05, 3.63) is 23.9 Å². The first-order valence-corrected chi connectivity index (χ1v) is 5.57. The van der Waals surface area contributed by atoms with Crippen LogP contribution in [0.5, 0.6) is 0 Å². The highest BCUT2D eigenvalue weighted by Crippen LogP contribution is 2.12. The van der Waals surface area contributed by atoms with Gasteiger partial charge in [-0.1, -0.05) is 13.0 Å². The van der Waals surface area contributed by atoms with Crippen LogP contribution in [0.25, 0.3) is 0 Å². The minimum Gasteiger partial charge on any atom is -0.387 e. The van der Waals surface area contributed by atoms with Gasteiger partial charge in [0.15, 0.2) is 0 Å². The third-order valence-electron chi connectivity index (χ3n) is 2.60. The normalized spacial score (nSPS) is 12.2. The molecule has 0 spiro atoms. The molecule has 4 nitrogen and oxygen atoms in total. The standard InChI is InChI=1S/C12H20N4/c1-4-16(8-9(2)12(13)14)11-7-5-6-10(3)15-11/h5-7,9H,4,8H2,1-3H3,(H3,13,14). The van der Waals surface area contributed by atoms with E-state index < -0.39 is 0 Å². The maximum absolute atomic E-state index is 7.40. The van der Waals surface area contributed by atoms with E-state index in [1.165, 1.54) is 0 Å². The monoisotopic (exact) mass is 220 g/mol. The smallest absolute Gasteiger partial charge is 0.128 e. The summed E-state index contributed by atoms with van der Waals surface area (Å²) in [5.41, 5.74) is 6.49. The first-order valence-electron chi connectivity index (χ1n) is 5.57. The molecule has 0 aliphatic heterocycles. The molecule has 1 rings (SSSR count). The van der Waals surface area contributed by atoms with Gasteiger partial charge in [0, 0.05) is 24.7 Å². The Morgan fingerprint density at radius 1 is 1.56 bits per heavy atom. The summed E-state index contributed by atoms with van der Waals surface area (Å²) in [4.78, 5) is 6.61. The molecule has 0 amide bonds. The fourth-order valence-corrected chi connectivity index (χ4v) is 1.52. The van der Waals surface area contributed by atoms with Crippen LogP contribution in [-0.4, -0.2) is 23.9 Å². The Bertz CT molecular complexity index is 362. The van der Waals surface area contributed by atoms with Crippen molar-refractivity contribution in [1.29, 1.82) is 5.41 Å². The summed E-state index contributed by atoms with van der Waals surface area (Å²) in [6, 6.07) is 5.97. The van der Waals surface area contributed by atoms with Crippen molar-refractivity contribution >= 4 is 11.7 Å². The molecule has 3 N–H and O–H groups in total. The lowest BCUT2D eigenvalue weighted by Gasteiger charge is -2.25. The Hall–Kier alpha value is -1.58. The molecule has 1 aromatic rings. The lowest BCUT2D eigenvalue weighted by atomic mass is 10.1. The average Bonchev–Trinajstić information content (AvgIpc) is 2.25. The van der Waals surface area contributed by atoms with E-state index >= 15 is 0 Å². The lowest BCUT2D eigenvalue weighted by molar-refractivity contribution is 0.689. The first-order chi connectivity index (χ1) is 7.54. The van der Waals surface area contributed by atoms with E-state index in [0.29, 0.717) is 0 Å². The Kier molecular flexibility index (Phi) is 4.28. The average molecular weight is 220 g/mol. The molecule has 1 atom stereocenters. The van der Waals surface area contributed by atoms with Crippen LogP contribution in [-0.2, 0) is 0 Å². The van der Waals surface area contributed by atoms with Crippen molar-refractivity contribution in [3.8, 4) is 0 Å². The highest BCUT2D eigenvalue weighted by atomic mass is 15.2. The molecule has 4 heteroatoms. The molecule has 0 aromatic carbocycles. The number of nitrogens with zero attached hydrogens (tertiary/aromatic N) is 2. The van der Waals surface area contributed by atoms with Crippen molar-refractivity contribution in [1.82, 2.24) is 4.98 Å². The van der Waals surface area contributed by atoms with Gasteiger partial charge >= 0.3 is 0 Å². The number of rotatable bonds is 5. The Morgan fingerprint density at radius 3 is 2.75 bits per heavy atom. The van der Waals surface area contributed by atoms with Gasteiger partial charge in [-0.2, -0.15) is 0 Å². The number of nitrogens with one attached hydrogen (secondary N) is 1. The summed E-state index contributed by atoms with van der Waals surface area (Å²) in [5, 5.41) is 7.40. The molecule has 1 heterocycles. The molecule has 0 fully saturated rings. The molecule has 1 aromatic heterocycles. The minimum absolute atomic E-state index is 0.0577. The van der Waals surface area contributed by atoms with Crippen molar-refractivity contribution in [2.24, 2.45) is 11.7 Å². The predicted molar refractivity (Wildman–Crippen MR) is 67.9 cm³/mol. The van der Waals surface area contributed by atoms with Crippen LogP contribution in [0.15, 0.2) is 18.2 Å². The maximum Gasteiger partial charge on any atom is 0.128 e. The highest BCUT2D eigenvalue weighted by Gasteiger charge is 2.12. The number of hydrogen-bond donors (Lipinski definition) is 2. The van der Waals surface area contributed by atoms with Crippen molar-refractivity contribution in [2.75, 3.05) is 18.0 Å². The maximum atomic E-state index is 7.40. The molecule has 0 aliphatic rings. The molecule has 0 aliphatic carbocycles. The second-order valence-corrected chi connectivity index (χ2v) is 4.03. The number of amidine groups is 1. The third-order valence-corrected chi connectivity index (χ3v) is 2.60. The number of nitrogens with two attached hydrogens (primary N) is 1. The summed E-state index contributed by atoms with van der Waals surface area (Å²) in [7, 11) is 0. The fourth-order valence-electron chi connectivity index (χ4n) is 1.52. The van der Waals surface area contributed by atoms with Crippen molar-refractivity contribution in [3.63, 3.8) is 0 Å². The molecular formula is C12H20N4. The van der Waals surface area contributed by atoms with E-state index in [0.717, 1.165) is 24.6 Å². The SMILES string of the molecule is CCN(CC(C)C(=N)N)c1cccc(C)n1. The van der Waals surface area contributed by atoms with E-state index in [4.69, 9.17) is 11.1 Å². The molecule has 0 radical (unpaired) electrons. The van der Waals surface area contributed by atoms with Gasteiger partial charge in [0.1, 0.15) is 5.82 Å². The van der Waals surface area contributed by atoms with Gasteiger partial charge < -0.3 is 10.6 Å². The number of aromatic nitrogens is 1. The van der Waals surface area contributed by atoms with Gasteiger partial charge in [0.25, 0.3) is 0 Å². The van der Waals surface area contributed by atoms with Crippen LogP contribution < -0.4 is 10.6 Å². The quantitative estimate of drug-likeness (QED) is 0.587. The van der Waals surface area contributed by atoms with E-state index in [1.807, 2.05) is 32.0 Å². The molecular weight excluding hydrogens is 200 g/mol. The Morgan fingerprint density at radius 2 is 2.25 bits per heavy atom. The zero-order valence-corrected chi connectivity index (χ0v) is 10.2. The Labute approximate surface area is 97.0 Å². The van der Waals surface area contributed by atoms with Gasteiger partial charge in [-0.3, -0.25) is 5.41 Å². The van der Waals surface area contributed by atoms with E-state index in [9.17, 15) is 0 Å². The number of anilines is 1. The summed E-state index contributed by atoms with van der Waals surface area (Å²) >= 11 is 0. The minimum atomic E-state index is 0.0577. The van der Waals surface area contributed by atoms with Crippen molar-refractivity contribution in [2.45, 2.75) is 20.8 Å². The molecule has 0 saturated carbocycles. The zero-order valence-electron chi connectivity index (χ0n) is 10.2. The van der Waals surface area contributed by atoms with Gasteiger partial charge in [0.05, 0.1) is 5.84 Å². The van der Waals surface area contributed by atoms with Crippen LogP contribution in [0.4, 0.5) is 5.82 Å². The zero-order chi connectivity index (χ0) is 12.1. The molecule has 1 unspecified atom stereocenters. The van der Waals surface area contributed by atoms with Gasteiger partial charge in [0.2, 0.25) is 0 Å². The van der Waals surface area contributed by atoms with E-state index in [-0.39, 0.29) is 11.8 Å². The number of aryl methyl sites for hydroxylation is 1. The highest BCUT2D eigenvalue weighted by molar-refractivity contribution is 5.79. The second kappa shape index (κ2) is 5.49. The molecule has 88 valence electrons.